The molecule has 0 aliphatic carbocycles. The minimum atomic E-state index is -3.74. The van der Waals surface area contributed by atoms with Gasteiger partial charge in [0.15, 0.2) is 0 Å². The number of piperazine rings is 1. The second kappa shape index (κ2) is 9.28. The molecule has 2 aromatic carbocycles. The Hall–Kier alpha value is -2.58. The second-order valence-electron chi connectivity index (χ2n) is 6.87. The predicted molar refractivity (Wildman–Crippen MR) is 113 cm³/mol. The first-order chi connectivity index (χ1) is 13.9. The summed E-state index contributed by atoms with van der Waals surface area (Å²) in [6, 6.07) is 16.3. The van der Waals surface area contributed by atoms with Crippen LogP contribution >= 0.6 is 0 Å². The summed E-state index contributed by atoms with van der Waals surface area (Å²) in [6.07, 6.45) is 0. The van der Waals surface area contributed by atoms with Crippen molar-refractivity contribution in [3.05, 3.63) is 54.6 Å². The molecule has 1 aliphatic heterocycles. The van der Waals surface area contributed by atoms with Crippen molar-refractivity contribution in [2.75, 3.05) is 51.3 Å². The van der Waals surface area contributed by atoms with E-state index in [4.69, 9.17) is 4.74 Å². The number of para-hydroxylation sites is 1. The summed E-state index contributed by atoms with van der Waals surface area (Å²) in [5.74, 6) is 0.427. The van der Waals surface area contributed by atoms with E-state index in [1.807, 2.05) is 25.1 Å². The molecule has 156 valence electrons. The molecular weight excluding hydrogens is 390 g/mol. The fourth-order valence-corrected chi connectivity index (χ4v) is 4.40. The Bertz CT molecular complexity index is 909. The Kier molecular flexibility index (Phi) is 6.76. The number of sulfonamides is 1. The maximum absolute atomic E-state index is 12.8. The van der Waals surface area contributed by atoms with Crippen molar-refractivity contribution in [3.8, 4) is 5.75 Å². The van der Waals surface area contributed by atoms with Gasteiger partial charge in [-0.1, -0.05) is 18.2 Å². The van der Waals surface area contributed by atoms with Crippen LogP contribution in [-0.2, 0) is 14.8 Å². The first-order valence-electron chi connectivity index (χ1n) is 9.69. The molecule has 8 heteroatoms. The smallest absolute Gasteiger partial charge is 0.243 e. The van der Waals surface area contributed by atoms with E-state index < -0.39 is 10.0 Å². The third-order valence-corrected chi connectivity index (χ3v) is 6.77. The third-order valence-electron chi connectivity index (χ3n) is 4.95. The molecule has 0 bridgehead atoms. The predicted octanol–water partition coefficient (Wildman–Crippen LogP) is 2.05. The SMILES string of the molecule is CCOc1ccc(S(=O)(=O)N(C)CC(=O)N2CCN(c3ccccc3)CC2)cc1. The van der Waals surface area contributed by atoms with Crippen LogP contribution in [0.2, 0.25) is 0 Å². The first-order valence-corrected chi connectivity index (χ1v) is 11.1. The number of rotatable bonds is 7. The average molecular weight is 418 g/mol. The molecular formula is C21H27N3O4S. The molecule has 0 N–H and O–H groups in total. The van der Waals surface area contributed by atoms with Crippen molar-refractivity contribution in [2.24, 2.45) is 0 Å². The van der Waals surface area contributed by atoms with E-state index >= 15 is 0 Å². The van der Waals surface area contributed by atoms with Gasteiger partial charge in [-0.3, -0.25) is 4.79 Å². The van der Waals surface area contributed by atoms with Crippen LogP contribution in [0.5, 0.6) is 5.75 Å². The van der Waals surface area contributed by atoms with E-state index in [1.54, 1.807) is 17.0 Å². The number of benzene rings is 2. The Balaban J connectivity index is 1.57. The lowest BCUT2D eigenvalue weighted by Gasteiger charge is -2.36. The number of likely N-dealkylation sites (N-methyl/N-ethyl adjacent to an activating group) is 1. The van der Waals surface area contributed by atoms with Crippen LogP contribution in [-0.4, -0.2) is 69.9 Å². The Morgan fingerprint density at radius 3 is 2.21 bits per heavy atom. The summed E-state index contributed by atoms with van der Waals surface area (Å²) in [5.41, 5.74) is 1.13. The number of nitrogens with zero attached hydrogens (tertiary/aromatic N) is 3. The number of anilines is 1. The van der Waals surface area contributed by atoms with Crippen molar-refractivity contribution >= 4 is 21.6 Å². The molecule has 1 fully saturated rings. The minimum absolute atomic E-state index is 0.144. The van der Waals surface area contributed by atoms with Gasteiger partial charge in [-0.05, 0) is 43.3 Å². The van der Waals surface area contributed by atoms with Crippen molar-refractivity contribution < 1.29 is 17.9 Å². The average Bonchev–Trinajstić information content (AvgIpc) is 2.75. The highest BCUT2D eigenvalue weighted by Gasteiger charge is 2.27. The van der Waals surface area contributed by atoms with Gasteiger partial charge in [0, 0.05) is 38.9 Å². The van der Waals surface area contributed by atoms with Crippen LogP contribution in [0.3, 0.4) is 0 Å². The van der Waals surface area contributed by atoms with E-state index in [0.29, 0.717) is 25.4 Å². The van der Waals surface area contributed by atoms with E-state index in [0.717, 1.165) is 23.1 Å². The molecule has 2 aromatic rings. The summed E-state index contributed by atoms with van der Waals surface area (Å²) in [6.45, 7) is 4.80. The lowest BCUT2D eigenvalue weighted by atomic mass is 10.2. The van der Waals surface area contributed by atoms with E-state index in [2.05, 4.69) is 17.0 Å². The number of carbonyl (C=O) groups is 1. The monoisotopic (exact) mass is 417 g/mol. The van der Waals surface area contributed by atoms with Crippen molar-refractivity contribution in [2.45, 2.75) is 11.8 Å². The number of hydrogen-bond acceptors (Lipinski definition) is 5. The molecule has 0 saturated carbocycles. The molecule has 0 atom stereocenters. The lowest BCUT2D eigenvalue weighted by molar-refractivity contribution is -0.131. The Morgan fingerprint density at radius 1 is 1.00 bits per heavy atom. The molecule has 0 spiro atoms. The second-order valence-corrected chi connectivity index (χ2v) is 8.91. The molecule has 7 nitrogen and oxygen atoms in total. The molecule has 0 radical (unpaired) electrons. The third kappa shape index (κ3) is 5.07. The molecule has 1 amide bonds. The zero-order chi connectivity index (χ0) is 20.9. The Labute approximate surface area is 172 Å². The van der Waals surface area contributed by atoms with Crippen LogP contribution in [0.25, 0.3) is 0 Å². The lowest BCUT2D eigenvalue weighted by Crippen LogP contribution is -2.51. The van der Waals surface area contributed by atoms with Gasteiger partial charge >= 0.3 is 0 Å². The van der Waals surface area contributed by atoms with Gasteiger partial charge in [0.25, 0.3) is 0 Å². The van der Waals surface area contributed by atoms with Gasteiger partial charge in [0.1, 0.15) is 5.75 Å². The van der Waals surface area contributed by atoms with Gasteiger partial charge in [-0.2, -0.15) is 4.31 Å². The summed E-state index contributed by atoms with van der Waals surface area (Å²) in [7, 11) is -2.30. The van der Waals surface area contributed by atoms with Crippen LogP contribution in [0.1, 0.15) is 6.92 Å². The van der Waals surface area contributed by atoms with Crippen LogP contribution in [0.15, 0.2) is 59.5 Å². The number of amides is 1. The van der Waals surface area contributed by atoms with E-state index in [9.17, 15) is 13.2 Å². The number of ether oxygens (including phenoxy) is 1. The highest BCUT2D eigenvalue weighted by Crippen LogP contribution is 2.20. The first kappa shape index (κ1) is 21.1. The largest absolute Gasteiger partial charge is 0.494 e. The number of carbonyl (C=O) groups excluding carboxylic acids is 1. The Morgan fingerprint density at radius 2 is 1.62 bits per heavy atom. The molecule has 1 aliphatic rings. The van der Waals surface area contributed by atoms with Crippen LogP contribution in [0.4, 0.5) is 5.69 Å². The summed E-state index contributed by atoms with van der Waals surface area (Å²) < 4.78 is 32.0. The maximum Gasteiger partial charge on any atom is 0.243 e. The fourth-order valence-electron chi connectivity index (χ4n) is 3.28. The zero-order valence-electron chi connectivity index (χ0n) is 16.8. The molecule has 29 heavy (non-hydrogen) atoms. The minimum Gasteiger partial charge on any atom is -0.494 e. The van der Waals surface area contributed by atoms with Gasteiger partial charge < -0.3 is 14.5 Å². The normalized spacial score (nSPS) is 14.9. The topological polar surface area (TPSA) is 70.2 Å². The van der Waals surface area contributed by atoms with Crippen molar-refractivity contribution in [1.82, 2.24) is 9.21 Å². The summed E-state index contributed by atoms with van der Waals surface area (Å²) in [5, 5.41) is 0. The number of hydrogen-bond donors (Lipinski definition) is 0. The molecule has 0 unspecified atom stereocenters. The summed E-state index contributed by atoms with van der Waals surface area (Å²) in [4.78, 5) is 16.7. The van der Waals surface area contributed by atoms with Crippen LogP contribution < -0.4 is 9.64 Å². The van der Waals surface area contributed by atoms with Crippen LogP contribution in [0, 0.1) is 0 Å². The van der Waals surface area contributed by atoms with Gasteiger partial charge in [-0.25, -0.2) is 8.42 Å². The molecule has 3 rings (SSSR count). The van der Waals surface area contributed by atoms with E-state index in [1.165, 1.54) is 19.2 Å². The highest BCUT2D eigenvalue weighted by atomic mass is 32.2. The highest BCUT2D eigenvalue weighted by molar-refractivity contribution is 7.89. The summed E-state index contributed by atoms with van der Waals surface area (Å²) >= 11 is 0. The van der Waals surface area contributed by atoms with Crippen molar-refractivity contribution in [1.29, 1.82) is 0 Å². The molecule has 1 saturated heterocycles. The fraction of sp³-hybridized carbons (Fsp3) is 0.381. The molecule has 1 heterocycles. The molecule has 0 aromatic heterocycles. The zero-order valence-corrected chi connectivity index (χ0v) is 17.6. The van der Waals surface area contributed by atoms with Gasteiger partial charge in [0.05, 0.1) is 18.0 Å². The van der Waals surface area contributed by atoms with E-state index in [-0.39, 0.29) is 17.3 Å². The quantitative estimate of drug-likeness (QED) is 0.690. The van der Waals surface area contributed by atoms with Gasteiger partial charge in [0.2, 0.25) is 15.9 Å². The van der Waals surface area contributed by atoms with Crippen molar-refractivity contribution in [3.63, 3.8) is 0 Å². The standard InChI is InChI=1S/C21H27N3O4S/c1-3-28-19-9-11-20(12-10-19)29(26,27)22(2)17-21(25)24-15-13-23(14-16-24)18-7-5-4-6-8-18/h4-12H,3,13-17H2,1-2H3. The van der Waals surface area contributed by atoms with Gasteiger partial charge in [-0.15, -0.1) is 0 Å². The maximum atomic E-state index is 12.8.